The van der Waals surface area contributed by atoms with E-state index in [2.05, 4.69) is 53.3 Å². The Balaban J connectivity index is 2.75. The molecule has 1 aromatic rings. The Labute approximate surface area is 119 Å². The maximum Gasteiger partial charge on any atom is 0.0462 e. The van der Waals surface area contributed by atoms with Crippen LogP contribution in [0.2, 0.25) is 0 Å². The Hall–Kier alpha value is -0.380. The van der Waals surface area contributed by atoms with E-state index >= 15 is 0 Å². The van der Waals surface area contributed by atoms with Gasteiger partial charge in [0.05, 0.1) is 0 Å². The Kier molecular flexibility index (Phi) is 7.56. The van der Waals surface area contributed by atoms with E-state index in [0.717, 1.165) is 32.4 Å². The normalized spacial score (nSPS) is 12.7. The van der Waals surface area contributed by atoms with Crippen molar-refractivity contribution in [3.8, 4) is 0 Å². The molecule has 1 unspecified atom stereocenters. The van der Waals surface area contributed by atoms with Gasteiger partial charge in [-0.15, -0.1) is 0 Å². The van der Waals surface area contributed by atoms with Gasteiger partial charge >= 0.3 is 0 Å². The summed E-state index contributed by atoms with van der Waals surface area (Å²) in [6.07, 6.45) is 3.35. The highest BCUT2D eigenvalue weighted by atomic mass is 79.9. The Morgan fingerprint density at radius 1 is 1.39 bits per heavy atom. The number of hydrogen-bond donors (Lipinski definition) is 1. The molecule has 1 aromatic carbocycles. The van der Waals surface area contributed by atoms with Gasteiger partial charge in [0.15, 0.2) is 0 Å². The van der Waals surface area contributed by atoms with E-state index in [9.17, 15) is 0 Å². The van der Waals surface area contributed by atoms with Crippen molar-refractivity contribution < 1.29 is 4.74 Å². The van der Waals surface area contributed by atoms with Crippen LogP contribution in [0.4, 0.5) is 0 Å². The molecule has 0 amide bonds. The zero-order valence-corrected chi connectivity index (χ0v) is 13.2. The van der Waals surface area contributed by atoms with Crippen molar-refractivity contribution in [3.05, 3.63) is 33.8 Å². The predicted molar refractivity (Wildman–Crippen MR) is 81.0 cm³/mol. The first-order chi connectivity index (χ1) is 8.69. The van der Waals surface area contributed by atoms with Gasteiger partial charge in [-0.1, -0.05) is 40.5 Å². The van der Waals surface area contributed by atoms with Crippen molar-refractivity contribution >= 4 is 15.9 Å². The molecule has 0 saturated heterocycles. The van der Waals surface area contributed by atoms with Crippen LogP contribution in [-0.4, -0.2) is 20.3 Å². The highest BCUT2D eigenvalue weighted by molar-refractivity contribution is 9.10. The summed E-state index contributed by atoms with van der Waals surface area (Å²) in [5, 5.41) is 3.63. The summed E-state index contributed by atoms with van der Waals surface area (Å²) in [6.45, 7) is 6.22. The van der Waals surface area contributed by atoms with Crippen LogP contribution in [0.25, 0.3) is 0 Å². The number of benzene rings is 1. The molecule has 0 bridgehead atoms. The van der Waals surface area contributed by atoms with Crippen molar-refractivity contribution in [1.82, 2.24) is 5.32 Å². The van der Waals surface area contributed by atoms with E-state index < -0.39 is 0 Å². The largest absolute Gasteiger partial charge is 0.385 e. The summed E-state index contributed by atoms with van der Waals surface area (Å²) < 4.78 is 6.34. The lowest BCUT2D eigenvalue weighted by atomic mass is 10.00. The summed E-state index contributed by atoms with van der Waals surface area (Å²) in [4.78, 5) is 0. The molecule has 0 aromatic heterocycles. The highest BCUT2D eigenvalue weighted by Crippen LogP contribution is 2.27. The van der Waals surface area contributed by atoms with E-state index in [1.54, 1.807) is 7.11 Å². The van der Waals surface area contributed by atoms with Gasteiger partial charge in [0.1, 0.15) is 0 Å². The number of halogens is 1. The molecule has 1 rings (SSSR count). The molecule has 1 atom stereocenters. The average molecular weight is 314 g/mol. The number of methoxy groups -OCH3 is 1. The summed E-state index contributed by atoms with van der Waals surface area (Å²) in [5.41, 5.74) is 2.67. The van der Waals surface area contributed by atoms with Crippen molar-refractivity contribution in [1.29, 1.82) is 0 Å². The number of ether oxygens (including phenoxy) is 1. The SMILES string of the molecule is CCCNC(CCCOC)c1cc(C)ccc1Br. The van der Waals surface area contributed by atoms with Crippen LogP contribution in [0.1, 0.15) is 43.4 Å². The topological polar surface area (TPSA) is 21.3 Å². The third kappa shape index (κ3) is 5.09. The second-order valence-corrected chi connectivity index (χ2v) is 5.52. The molecule has 0 aliphatic rings. The van der Waals surface area contributed by atoms with Crippen LogP contribution in [0.15, 0.2) is 22.7 Å². The van der Waals surface area contributed by atoms with E-state index in [1.165, 1.54) is 15.6 Å². The monoisotopic (exact) mass is 313 g/mol. The maximum absolute atomic E-state index is 5.15. The number of hydrogen-bond acceptors (Lipinski definition) is 2. The maximum atomic E-state index is 5.15. The molecule has 0 radical (unpaired) electrons. The van der Waals surface area contributed by atoms with Gasteiger partial charge in [-0.05, 0) is 44.4 Å². The van der Waals surface area contributed by atoms with Crippen molar-refractivity contribution in [2.75, 3.05) is 20.3 Å². The Bertz CT molecular complexity index is 354. The first-order valence-corrected chi connectivity index (χ1v) is 7.46. The zero-order chi connectivity index (χ0) is 13.4. The quantitative estimate of drug-likeness (QED) is 0.725. The van der Waals surface area contributed by atoms with E-state index in [4.69, 9.17) is 4.74 Å². The molecule has 0 fully saturated rings. The number of aryl methyl sites for hydroxylation is 1. The highest BCUT2D eigenvalue weighted by Gasteiger charge is 2.13. The van der Waals surface area contributed by atoms with Gasteiger partial charge in [-0.3, -0.25) is 0 Å². The van der Waals surface area contributed by atoms with E-state index in [-0.39, 0.29) is 0 Å². The fourth-order valence-corrected chi connectivity index (χ4v) is 2.57. The fraction of sp³-hybridized carbons (Fsp3) is 0.600. The van der Waals surface area contributed by atoms with Crippen LogP contribution in [0.5, 0.6) is 0 Å². The van der Waals surface area contributed by atoms with Gasteiger partial charge < -0.3 is 10.1 Å². The molecule has 3 heteroatoms. The minimum absolute atomic E-state index is 0.411. The third-order valence-corrected chi connectivity index (χ3v) is 3.73. The lowest BCUT2D eigenvalue weighted by Crippen LogP contribution is -2.23. The number of rotatable bonds is 8. The minimum Gasteiger partial charge on any atom is -0.385 e. The standard InChI is InChI=1S/C15H24BrNO/c1-4-9-17-15(6-5-10-18-3)13-11-12(2)7-8-14(13)16/h7-8,11,15,17H,4-6,9-10H2,1-3H3. The molecule has 1 N–H and O–H groups in total. The molecule has 0 saturated carbocycles. The third-order valence-electron chi connectivity index (χ3n) is 3.01. The summed E-state index contributed by atoms with van der Waals surface area (Å²) in [7, 11) is 1.76. The van der Waals surface area contributed by atoms with Crippen molar-refractivity contribution in [3.63, 3.8) is 0 Å². The van der Waals surface area contributed by atoms with Crippen molar-refractivity contribution in [2.45, 2.75) is 39.2 Å². The second-order valence-electron chi connectivity index (χ2n) is 4.67. The van der Waals surface area contributed by atoms with Crippen LogP contribution in [-0.2, 0) is 4.74 Å². The lowest BCUT2D eigenvalue weighted by molar-refractivity contribution is 0.188. The summed E-state index contributed by atoms with van der Waals surface area (Å²) in [6, 6.07) is 6.96. The van der Waals surface area contributed by atoms with Crippen LogP contribution in [0.3, 0.4) is 0 Å². The van der Waals surface area contributed by atoms with Gasteiger partial charge in [0.2, 0.25) is 0 Å². The van der Waals surface area contributed by atoms with Crippen molar-refractivity contribution in [2.24, 2.45) is 0 Å². The average Bonchev–Trinajstić information content (AvgIpc) is 2.37. The summed E-state index contributed by atoms with van der Waals surface area (Å²) in [5.74, 6) is 0. The van der Waals surface area contributed by atoms with Gasteiger partial charge in [-0.2, -0.15) is 0 Å². The van der Waals surface area contributed by atoms with Crippen LogP contribution >= 0.6 is 15.9 Å². The molecule has 0 aliphatic heterocycles. The predicted octanol–water partition coefficient (Wildman–Crippen LogP) is 4.22. The molecule has 102 valence electrons. The molecule has 0 heterocycles. The first-order valence-electron chi connectivity index (χ1n) is 6.67. The molecule has 2 nitrogen and oxygen atoms in total. The second kappa shape index (κ2) is 8.68. The van der Waals surface area contributed by atoms with Gasteiger partial charge in [-0.25, -0.2) is 0 Å². The minimum atomic E-state index is 0.411. The van der Waals surface area contributed by atoms with Gasteiger partial charge in [0, 0.05) is 24.2 Å². The molecule has 18 heavy (non-hydrogen) atoms. The molecular weight excluding hydrogens is 290 g/mol. The van der Waals surface area contributed by atoms with Crippen LogP contribution < -0.4 is 5.32 Å². The van der Waals surface area contributed by atoms with Crippen LogP contribution in [0, 0.1) is 6.92 Å². The molecule has 0 aliphatic carbocycles. The molecular formula is C15H24BrNO. The van der Waals surface area contributed by atoms with E-state index in [1.807, 2.05) is 0 Å². The van der Waals surface area contributed by atoms with Gasteiger partial charge in [0.25, 0.3) is 0 Å². The summed E-state index contributed by atoms with van der Waals surface area (Å²) >= 11 is 3.66. The smallest absolute Gasteiger partial charge is 0.0462 e. The van der Waals surface area contributed by atoms with E-state index in [0.29, 0.717) is 6.04 Å². The number of nitrogens with one attached hydrogen (secondary N) is 1. The lowest BCUT2D eigenvalue weighted by Gasteiger charge is -2.20. The Morgan fingerprint density at radius 3 is 2.83 bits per heavy atom. The Morgan fingerprint density at radius 2 is 2.17 bits per heavy atom. The molecule has 0 spiro atoms. The zero-order valence-electron chi connectivity index (χ0n) is 11.6. The first kappa shape index (κ1) is 15.7. The fourth-order valence-electron chi connectivity index (χ4n) is 2.05.